The second-order valence-electron chi connectivity index (χ2n) is 14.5. The average Bonchev–Trinajstić information content (AvgIpc) is 3.20. The Bertz CT molecular complexity index is 1440. The maximum absolute atomic E-state index is 13.3. The van der Waals surface area contributed by atoms with Crippen LogP contribution in [0.25, 0.3) is 0 Å². The number of aryl methyl sites for hydroxylation is 1. The van der Waals surface area contributed by atoms with E-state index in [4.69, 9.17) is 0 Å². The van der Waals surface area contributed by atoms with E-state index in [9.17, 15) is 19.7 Å². The predicted molar refractivity (Wildman–Crippen MR) is 166 cm³/mol. The molecule has 2 aromatic rings. The minimum absolute atomic E-state index is 0.0266. The highest BCUT2D eigenvalue weighted by Crippen LogP contribution is 2.57. The lowest BCUT2D eigenvalue weighted by atomic mass is 9.49. The van der Waals surface area contributed by atoms with E-state index < -0.39 is 4.92 Å². The molecular formula is C35H45N3O4. The topological polar surface area (TPSA) is 92.6 Å². The van der Waals surface area contributed by atoms with Gasteiger partial charge >= 0.3 is 0 Å². The van der Waals surface area contributed by atoms with Crippen LogP contribution in [-0.4, -0.2) is 23.3 Å². The van der Waals surface area contributed by atoms with Gasteiger partial charge in [-0.1, -0.05) is 59.2 Å². The van der Waals surface area contributed by atoms with Gasteiger partial charge in [-0.25, -0.2) is 4.90 Å². The van der Waals surface area contributed by atoms with Gasteiger partial charge < -0.3 is 5.32 Å². The number of nitro benzene ring substituents is 1. The number of fused-ring (bicyclic) bond motifs is 4. The van der Waals surface area contributed by atoms with E-state index in [-0.39, 0.29) is 40.2 Å². The summed E-state index contributed by atoms with van der Waals surface area (Å²) in [5.74, 6) is 0.352. The van der Waals surface area contributed by atoms with Crippen LogP contribution in [-0.2, 0) is 21.4 Å². The van der Waals surface area contributed by atoms with Crippen molar-refractivity contribution in [3.05, 3.63) is 63.2 Å². The third kappa shape index (κ3) is 4.64. The Balaban J connectivity index is 1.24. The van der Waals surface area contributed by atoms with Crippen molar-refractivity contribution >= 4 is 28.9 Å². The van der Waals surface area contributed by atoms with Crippen LogP contribution < -0.4 is 10.2 Å². The summed E-state index contributed by atoms with van der Waals surface area (Å²) in [4.78, 5) is 39.5. The molecule has 42 heavy (non-hydrogen) atoms. The molecule has 2 aromatic carbocycles. The summed E-state index contributed by atoms with van der Waals surface area (Å²) in [6.07, 6.45) is 7.88. The molecule has 1 aliphatic heterocycles. The molecule has 3 fully saturated rings. The van der Waals surface area contributed by atoms with Crippen molar-refractivity contribution in [1.29, 1.82) is 0 Å². The van der Waals surface area contributed by atoms with Crippen LogP contribution in [0, 0.1) is 39.2 Å². The molecule has 0 bridgehead atoms. The van der Waals surface area contributed by atoms with Crippen molar-refractivity contribution < 1.29 is 14.5 Å². The number of nitrogens with one attached hydrogen (secondary N) is 1. The highest BCUT2D eigenvalue weighted by atomic mass is 16.6. The molecule has 1 heterocycles. The number of carbonyl (C=O) groups excluding carboxylic acids is 2. The quantitative estimate of drug-likeness (QED) is 0.217. The summed E-state index contributed by atoms with van der Waals surface area (Å²) in [6.45, 7) is 12.0. The molecule has 2 saturated carbocycles. The predicted octanol–water partition coefficient (Wildman–Crippen LogP) is 7.77. The van der Waals surface area contributed by atoms with Gasteiger partial charge in [-0.05, 0) is 102 Å². The van der Waals surface area contributed by atoms with Gasteiger partial charge in [0.05, 0.1) is 22.4 Å². The Labute approximate surface area is 249 Å². The summed E-state index contributed by atoms with van der Waals surface area (Å²) in [6, 6.07) is 11.9. The first-order valence-corrected chi connectivity index (χ1v) is 16.0. The second-order valence-corrected chi connectivity index (χ2v) is 14.5. The van der Waals surface area contributed by atoms with Gasteiger partial charge in [0.15, 0.2) is 0 Å². The van der Waals surface area contributed by atoms with Crippen LogP contribution in [0.3, 0.4) is 0 Å². The van der Waals surface area contributed by atoms with Crippen LogP contribution in [0.2, 0.25) is 0 Å². The molecule has 3 aliphatic carbocycles. The number of amides is 2. The molecule has 0 radical (unpaired) electrons. The monoisotopic (exact) mass is 571 g/mol. The molecule has 0 unspecified atom stereocenters. The fourth-order valence-corrected chi connectivity index (χ4v) is 9.12. The zero-order chi connectivity index (χ0) is 30.0. The van der Waals surface area contributed by atoms with Crippen molar-refractivity contribution in [1.82, 2.24) is 0 Å². The van der Waals surface area contributed by atoms with E-state index in [0.717, 1.165) is 38.5 Å². The minimum atomic E-state index is -0.400. The number of nitro groups is 1. The lowest BCUT2D eigenvalue weighted by Crippen LogP contribution is -2.51. The minimum Gasteiger partial charge on any atom is -0.379 e. The van der Waals surface area contributed by atoms with Gasteiger partial charge in [-0.15, -0.1) is 0 Å². The Morgan fingerprint density at radius 1 is 1.02 bits per heavy atom. The van der Waals surface area contributed by atoms with Crippen molar-refractivity contribution in [3.63, 3.8) is 0 Å². The lowest BCUT2D eigenvalue weighted by molar-refractivity contribution is -0.383. The number of hydrogen-bond donors (Lipinski definition) is 1. The molecule has 1 saturated heterocycles. The highest BCUT2D eigenvalue weighted by molar-refractivity contribution is 6.22. The fourth-order valence-electron chi connectivity index (χ4n) is 9.12. The van der Waals surface area contributed by atoms with Crippen molar-refractivity contribution in [2.24, 2.45) is 29.1 Å². The third-order valence-electron chi connectivity index (χ3n) is 11.5. The molecule has 7 nitrogen and oxygen atoms in total. The number of hydrogen-bond acceptors (Lipinski definition) is 5. The summed E-state index contributed by atoms with van der Waals surface area (Å²) in [7, 11) is 0. The number of anilines is 2. The van der Waals surface area contributed by atoms with E-state index in [1.165, 1.54) is 27.7 Å². The van der Waals surface area contributed by atoms with E-state index >= 15 is 0 Å². The SMILES string of the molecule is CC(C)c1ccc2c(c1)CC[C@@H]1[C@](C)(CNc3ccc(N4C(=O)[C@H]5CC[C@@H](C)C[C@@H]5C4=O)cc3[N+](=O)[O-])CCC[C@]21C. The third-order valence-corrected chi connectivity index (χ3v) is 11.5. The number of imide groups is 1. The van der Waals surface area contributed by atoms with Crippen molar-refractivity contribution in [2.45, 2.75) is 97.3 Å². The first-order valence-electron chi connectivity index (χ1n) is 16.0. The zero-order valence-corrected chi connectivity index (χ0v) is 25.7. The van der Waals surface area contributed by atoms with Gasteiger partial charge in [-0.3, -0.25) is 19.7 Å². The number of nitrogens with zero attached hydrogens (tertiary/aromatic N) is 2. The molecular weight excluding hydrogens is 526 g/mol. The van der Waals surface area contributed by atoms with Gasteiger partial charge in [0, 0.05) is 12.6 Å². The molecule has 224 valence electrons. The number of carbonyl (C=O) groups is 2. The van der Waals surface area contributed by atoms with Crippen molar-refractivity contribution in [2.75, 3.05) is 16.8 Å². The van der Waals surface area contributed by atoms with Crippen LogP contribution in [0.1, 0.15) is 102 Å². The average molecular weight is 572 g/mol. The van der Waals surface area contributed by atoms with E-state index in [0.29, 0.717) is 48.5 Å². The summed E-state index contributed by atoms with van der Waals surface area (Å²) >= 11 is 0. The van der Waals surface area contributed by atoms with Crippen LogP contribution in [0.5, 0.6) is 0 Å². The molecule has 1 N–H and O–H groups in total. The van der Waals surface area contributed by atoms with E-state index in [2.05, 4.69) is 58.1 Å². The number of rotatable bonds is 6. The Morgan fingerprint density at radius 2 is 1.79 bits per heavy atom. The molecule has 7 heteroatoms. The van der Waals surface area contributed by atoms with Crippen molar-refractivity contribution in [3.8, 4) is 0 Å². The fraction of sp³-hybridized carbons (Fsp3) is 0.600. The molecule has 0 spiro atoms. The first-order chi connectivity index (χ1) is 19.9. The normalized spacial score (nSPS) is 32.4. The standard InChI is InChI=1S/C35H45N3O4/c1-21(2)23-8-12-28-24(18-23)9-14-31-34(4,15-6-16-35(28,31)5)20-36-29-13-10-25(19-30(29)38(41)42)37-32(39)26-11-7-22(3)17-27(26)33(37)40/h8,10,12-13,18-19,21-22,26-27,31,36H,6-7,9,11,14-17,20H2,1-5H3/t22-,26+,27+,31-,34+,35-/m1/s1. The highest BCUT2D eigenvalue weighted by Gasteiger charge is 2.52. The van der Waals surface area contributed by atoms with E-state index in [1.54, 1.807) is 12.1 Å². The van der Waals surface area contributed by atoms with Gasteiger partial charge in [0.25, 0.3) is 5.69 Å². The molecule has 4 aliphatic rings. The molecule has 6 atom stereocenters. The first kappa shape index (κ1) is 28.9. The smallest absolute Gasteiger partial charge is 0.294 e. The number of benzene rings is 2. The summed E-state index contributed by atoms with van der Waals surface area (Å²) in [5.41, 5.74) is 5.10. The zero-order valence-electron chi connectivity index (χ0n) is 25.7. The molecule has 2 amide bonds. The summed E-state index contributed by atoms with van der Waals surface area (Å²) in [5, 5.41) is 15.7. The maximum atomic E-state index is 13.3. The van der Waals surface area contributed by atoms with Gasteiger partial charge in [0.2, 0.25) is 11.8 Å². The molecule has 0 aromatic heterocycles. The van der Waals surface area contributed by atoms with Crippen LogP contribution in [0.4, 0.5) is 17.1 Å². The van der Waals surface area contributed by atoms with E-state index in [1.807, 2.05) is 0 Å². The Morgan fingerprint density at radius 3 is 2.52 bits per heavy atom. The largest absolute Gasteiger partial charge is 0.379 e. The second kappa shape index (κ2) is 10.5. The molecule has 6 rings (SSSR count). The van der Waals surface area contributed by atoms with Gasteiger partial charge in [0.1, 0.15) is 5.69 Å². The Kier molecular flexibility index (Phi) is 7.22. The Hall–Kier alpha value is -3.22. The van der Waals surface area contributed by atoms with Gasteiger partial charge in [-0.2, -0.15) is 0 Å². The maximum Gasteiger partial charge on any atom is 0.294 e. The van der Waals surface area contributed by atoms with Crippen LogP contribution in [0.15, 0.2) is 36.4 Å². The summed E-state index contributed by atoms with van der Waals surface area (Å²) < 4.78 is 0. The van der Waals surface area contributed by atoms with Crippen LogP contribution >= 0.6 is 0 Å². The lowest BCUT2D eigenvalue weighted by Gasteiger charge is -2.55.